The highest BCUT2D eigenvalue weighted by Crippen LogP contribution is 2.27. The van der Waals surface area contributed by atoms with Crippen molar-refractivity contribution in [2.24, 2.45) is 5.92 Å². The summed E-state index contributed by atoms with van der Waals surface area (Å²) >= 11 is 6.15. The maximum Gasteiger partial charge on any atom is 0.323 e. The van der Waals surface area contributed by atoms with E-state index in [1.165, 1.54) is 4.90 Å². The minimum Gasteiger partial charge on any atom is -0.492 e. The van der Waals surface area contributed by atoms with E-state index in [1.807, 2.05) is 24.3 Å². The standard InChI is InChI=1S/C20H27ClN2O4/c21-16-7-1-2-9-18(16)27-14-15-6-5-11-22(12-15)17-8-3-4-10-23(20(17)26)13-19(24)25/h1-2,7,9,15,17H,3-6,8,10-14H2,(H,24,25). The number of nitrogens with zero attached hydrogens (tertiary/aromatic N) is 2. The number of likely N-dealkylation sites (tertiary alicyclic amines) is 2. The van der Waals surface area contributed by atoms with Gasteiger partial charge >= 0.3 is 5.97 Å². The number of halogens is 1. The van der Waals surface area contributed by atoms with Crippen LogP contribution in [0.15, 0.2) is 24.3 Å². The molecule has 3 rings (SSSR count). The maximum absolute atomic E-state index is 12.9. The van der Waals surface area contributed by atoms with Crippen LogP contribution in [0, 0.1) is 5.92 Å². The molecule has 0 aromatic heterocycles. The smallest absolute Gasteiger partial charge is 0.323 e. The second-order valence-corrected chi connectivity index (χ2v) is 7.82. The van der Waals surface area contributed by atoms with E-state index in [9.17, 15) is 9.59 Å². The number of carboxylic acids is 1. The molecule has 7 heteroatoms. The number of hydrogen-bond acceptors (Lipinski definition) is 4. The number of amides is 1. The van der Waals surface area contributed by atoms with Gasteiger partial charge in [-0.3, -0.25) is 14.5 Å². The summed E-state index contributed by atoms with van der Waals surface area (Å²) in [5, 5.41) is 9.68. The maximum atomic E-state index is 12.9. The first-order valence-corrected chi connectivity index (χ1v) is 10.0. The van der Waals surface area contributed by atoms with E-state index >= 15 is 0 Å². The van der Waals surface area contributed by atoms with Crippen molar-refractivity contribution >= 4 is 23.5 Å². The van der Waals surface area contributed by atoms with Crippen LogP contribution in [0.5, 0.6) is 5.75 Å². The number of benzene rings is 1. The average Bonchev–Trinajstić information content (AvgIpc) is 2.83. The van der Waals surface area contributed by atoms with E-state index in [4.69, 9.17) is 21.4 Å². The van der Waals surface area contributed by atoms with E-state index in [1.54, 1.807) is 0 Å². The van der Waals surface area contributed by atoms with Crippen LogP contribution in [0.3, 0.4) is 0 Å². The highest BCUT2D eigenvalue weighted by molar-refractivity contribution is 6.32. The molecule has 2 aliphatic heterocycles. The van der Waals surface area contributed by atoms with Crippen LogP contribution in [0.1, 0.15) is 32.1 Å². The van der Waals surface area contributed by atoms with Crippen LogP contribution in [0.4, 0.5) is 0 Å². The van der Waals surface area contributed by atoms with Gasteiger partial charge in [0, 0.05) is 19.0 Å². The zero-order valence-corrected chi connectivity index (χ0v) is 16.2. The first kappa shape index (κ1) is 20.0. The van der Waals surface area contributed by atoms with Crippen molar-refractivity contribution in [2.45, 2.75) is 38.1 Å². The first-order valence-electron chi connectivity index (χ1n) is 9.66. The van der Waals surface area contributed by atoms with Gasteiger partial charge in [0.25, 0.3) is 0 Å². The minimum atomic E-state index is -0.950. The van der Waals surface area contributed by atoms with E-state index in [-0.39, 0.29) is 18.5 Å². The molecule has 2 saturated heterocycles. The van der Waals surface area contributed by atoms with E-state index in [2.05, 4.69) is 4.90 Å². The van der Waals surface area contributed by atoms with Gasteiger partial charge in [-0.1, -0.05) is 23.7 Å². The molecule has 148 valence electrons. The molecule has 2 aliphatic rings. The summed E-state index contributed by atoms with van der Waals surface area (Å²) in [4.78, 5) is 27.7. The number of rotatable bonds is 6. The molecule has 0 bridgehead atoms. The summed E-state index contributed by atoms with van der Waals surface area (Å²) in [6.07, 6.45) is 4.68. The van der Waals surface area contributed by atoms with Gasteiger partial charge in [-0.25, -0.2) is 0 Å². The van der Waals surface area contributed by atoms with Crippen LogP contribution < -0.4 is 4.74 Å². The van der Waals surface area contributed by atoms with Crippen molar-refractivity contribution < 1.29 is 19.4 Å². The Kier molecular flexibility index (Phi) is 6.96. The summed E-state index contributed by atoms with van der Waals surface area (Å²) in [5.41, 5.74) is 0. The van der Waals surface area contributed by atoms with Crippen LogP contribution in [0.2, 0.25) is 5.02 Å². The Labute approximate surface area is 165 Å². The molecule has 6 nitrogen and oxygen atoms in total. The van der Waals surface area contributed by atoms with Gasteiger partial charge < -0.3 is 14.7 Å². The van der Waals surface area contributed by atoms with E-state index < -0.39 is 5.97 Å². The molecular formula is C20H27ClN2O4. The molecule has 0 radical (unpaired) electrons. The van der Waals surface area contributed by atoms with Crippen LogP contribution in [0.25, 0.3) is 0 Å². The normalized spacial score (nSPS) is 24.5. The van der Waals surface area contributed by atoms with Gasteiger partial charge in [0.2, 0.25) is 5.91 Å². The lowest BCUT2D eigenvalue weighted by Gasteiger charge is -2.38. The van der Waals surface area contributed by atoms with Gasteiger partial charge in [0.05, 0.1) is 17.7 Å². The number of carbonyl (C=O) groups is 2. The molecule has 0 saturated carbocycles. The monoisotopic (exact) mass is 394 g/mol. The lowest BCUT2D eigenvalue weighted by atomic mass is 9.96. The number of carbonyl (C=O) groups excluding carboxylic acids is 1. The van der Waals surface area contributed by atoms with Gasteiger partial charge in [-0.15, -0.1) is 0 Å². The fourth-order valence-electron chi connectivity index (χ4n) is 4.03. The quantitative estimate of drug-likeness (QED) is 0.803. The Morgan fingerprint density at radius 2 is 2.00 bits per heavy atom. The van der Waals surface area contributed by atoms with Gasteiger partial charge in [-0.2, -0.15) is 0 Å². The molecule has 0 spiro atoms. The van der Waals surface area contributed by atoms with Gasteiger partial charge in [0.15, 0.2) is 0 Å². The summed E-state index contributed by atoms with van der Waals surface area (Å²) in [6.45, 7) is 2.57. The molecule has 2 fully saturated rings. The fourth-order valence-corrected chi connectivity index (χ4v) is 4.22. The Hall–Kier alpha value is -1.79. The number of hydrogen-bond donors (Lipinski definition) is 1. The first-order chi connectivity index (χ1) is 13.0. The van der Waals surface area contributed by atoms with E-state index in [0.717, 1.165) is 45.2 Å². The molecule has 1 amide bonds. The Morgan fingerprint density at radius 1 is 1.19 bits per heavy atom. The number of carboxylic acid groups (broad SMARTS) is 1. The van der Waals surface area contributed by atoms with Crippen molar-refractivity contribution in [3.8, 4) is 5.75 Å². The van der Waals surface area contributed by atoms with Gasteiger partial charge in [0.1, 0.15) is 12.3 Å². The zero-order chi connectivity index (χ0) is 19.2. The van der Waals surface area contributed by atoms with Crippen molar-refractivity contribution in [3.63, 3.8) is 0 Å². The van der Waals surface area contributed by atoms with Crippen molar-refractivity contribution in [1.29, 1.82) is 0 Å². The number of piperidine rings is 1. The molecule has 27 heavy (non-hydrogen) atoms. The lowest BCUT2D eigenvalue weighted by Crippen LogP contribution is -2.52. The summed E-state index contributed by atoms with van der Waals surface area (Å²) in [5.74, 6) is 0.0321. The summed E-state index contributed by atoms with van der Waals surface area (Å²) < 4.78 is 5.91. The molecular weight excluding hydrogens is 368 g/mol. The third kappa shape index (κ3) is 5.36. The fraction of sp³-hybridized carbons (Fsp3) is 0.600. The highest BCUT2D eigenvalue weighted by atomic mass is 35.5. The average molecular weight is 395 g/mol. The molecule has 1 N–H and O–H groups in total. The summed E-state index contributed by atoms with van der Waals surface area (Å²) in [7, 11) is 0. The van der Waals surface area contributed by atoms with Crippen LogP contribution >= 0.6 is 11.6 Å². The van der Waals surface area contributed by atoms with Crippen LogP contribution in [-0.4, -0.2) is 65.6 Å². The zero-order valence-electron chi connectivity index (χ0n) is 15.5. The Bertz CT molecular complexity index is 669. The third-order valence-corrected chi connectivity index (χ3v) is 5.69. The SMILES string of the molecule is O=C(O)CN1CCCCC(N2CCCC(COc3ccccc3Cl)C2)C1=O. The number of ether oxygens (including phenoxy) is 1. The number of aliphatic carboxylic acids is 1. The molecule has 1 aromatic carbocycles. The van der Waals surface area contributed by atoms with Crippen LogP contribution in [-0.2, 0) is 9.59 Å². The van der Waals surface area contributed by atoms with Crippen molar-refractivity contribution in [3.05, 3.63) is 29.3 Å². The van der Waals surface area contributed by atoms with Crippen molar-refractivity contribution in [2.75, 3.05) is 32.8 Å². The number of para-hydroxylation sites is 1. The molecule has 1 aromatic rings. The molecule has 0 aliphatic carbocycles. The lowest BCUT2D eigenvalue weighted by molar-refractivity contribution is -0.147. The largest absolute Gasteiger partial charge is 0.492 e. The molecule has 2 heterocycles. The Morgan fingerprint density at radius 3 is 2.78 bits per heavy atom. The predicted molar refractivity (Wildman–Crippen MR) is 103 cm³/mol. The second-order valence-electron chi connectivity index (χ2n) is 7.41. The molecule has 2 atom stereocenters. The molecule has 2 unspecified atom stereocenters. The van der Waals surface area contributed by atoms with Gasteiger partial charge in [-0.05, 0) is 50.8 Å². The van der Waals surface area contributed by atoms with E-state index in [0.29, 0.717) is 29.8 Å². The highest BCUT2D eigenvalue weighted by Gasteiger charge is 2.35. The minimum absolute atomic E-state index is 0.0393. The Balaban J connectivity index is 1.60. The third-order valence-electron chi connectivity index (χ3n) is 5.38. The topological polar surface area (TPSA) is 70.1 Å². The predicted octanol–water partition coefficient (Wildman–Crippen LogP) is 2.90. The second kappa shape index (κ2) is 9.42. The summed E-state index contributed by atoms with van der Waals surface area (Å²) in [6, 6.07) is 7.23. The van der Waals surface area contributed by atoms with Crippen molar-refractivity contribution in [1.82, 2.24) is 9.80 Å².